The minimum atomic E-state index is -3.99. The molecule has 0 radical (unpaired) electrons. The van der Waals surface area contributed by atoms with E-state index >= 15 is 0 Å². The van der Waals surface area contributed by atoms with Crippen LogP contribution in [0.2, 0.25) is 0 Å². The molecule has 4 aliphatic rings. The zero-order chi connectivity index (χ0) is 22.3. The lowest BCUT2D eigenvalue weighted by Gasteiger charge is -2.32. The highest BCUT2D eigenvalue weighted by molar-refractivity contribution is 7.94. The zero-order valence-electron chi connectivity index (χ0n) is 16.8. The molecule has 170 valence electrons. The summed E-state index contributed by atoms with van der Waals surface area (Å²) in [6, 6.07) is 3.19. The van der Waals surface area contributed by atoms with E-state index < -0.39 is 46.2 Å². The highest BCUT2D eigenvalue weighted by Gasteiger charge is 2.62. The number of nitrogens with zero attached hydrogens (tertiary/aromatic N) is 4. The molecule has 1 amide bonds. The van der Waals surface area contributed by atoms with Crippen molar-refractivity contribution in [1.82, 2.24) is 9.88 Å². The first-order valence-corrected chi connectivity index (χ1v) is 11.6. The van der Waals surface area contributed by atoms with Crippen LogP contribution in [-0.4, -0.2) is 62.7 Å². The van der Waals surface area contributed by atoms with Gasteiger partial charge in [-0.2, -0.15) is 8.42 Å². The molecular formula is C19H22F4N4O3S. The maximum absolute atomic E-state index is 13.4. The quantitative estimate of drug-likeness (QED) is 0.645. The molecule has 0 bridgehead atoms. The van der Waals surface area contributed by atoms with Crippen molar-refractivity contribution >= 4 is 27.6 Å². The molecule has 0 aromatic carbocycles. The van der Waals surface area contributed by atoms with Crippen molar-refractivity contribution in [3.63, 3.8) is 0 Å². The summed E-state index contributed by atoms with van der Waals surface area (Å²) >= 11 is 0. The summed E-state index contributed by atoms with van der Waals surface area (Å²) in [4.78, 5) is 18.3. The van der Waals surface area contributed by atoms with Crippen LogP contribution < -0.4 is 8.61 Å². The van der Waals surface area contributed by atoms with Gasteiger partial charge in [0.1, 0.15) is 5.92 Å². The van der Waals surface area contributed by atoms with Crippen LogP contribution in [0, 0.1) is 11.8 Å². The summed E-state index contributed by atoms with van der Waals surface area (Å²) in [5.41, 5.74) is 0.801. The second-order valence-corrected chi connectivity index (χ2v) is 10.8. The van der Waals surface area contributed by atoms with E-state index in [1.165, 1.54) is 11.9 Å². The number of anilines is 2. The number of carbonyl (C=O) groups excluding carboxylic acids is 1. The Labute approximate surface area is 177 Å². The van der Waals surface area contributed by atoms with Crippen LogP contribution in [0.4, 0.5) is 29.1 Å². The molecule has 5 rings (SSSR count). The van der Waals surface area contributed by atoms with Crippen LogP contribution in [0.3, 0.4) is 0 Å². The summed E-state index contributed by atoms with van der Waals surface area (Å²) in [5, 5.41) is 0. The minimum Gasteiger partial charge on any atom is -0.342 e. The van der Waals surface area contributed by atoms with E-state index in [0.717, 1.165) is 8.61 Å². The summed E-state index contributed by atoms with van der Waals surface area (Å²) in [6.45, 7) is 0.338. The maximum Gasteiger partial charge on any atom is 0.327 e. The number of hydrogen-bond acceptors (Lipinski definition) is 4. The second kappa shape index (κ2) is 6.46. The van der Waals surface area contributed by atoms with E-state index in [1.807, 2.05) is 0 Å². The fourth-order valence-electron chi connectivity index (χ4n) is 4.47. The number of fused-ring (bicyclic) bond motifs is 1. The lowest BCUT2D eigenvalue weighted by atomic mass is 9.93. The Hall–Kier alpha value is -2.11. The topological polar surface area (TPSA) is 73.8 Å². The first kappa shape index (κ1) is 20.8. The lowest BCUT2D eigenvalue weighted by molar-refractivity contribution is -0.136. The highest BCUT2D eigenvalue weighted by Crippen LogP contribution is 2.52. The van der Waals surface area contributed by atoms with E-state index in [2.05, 4.69) is 4.98 Å². The molecular weight excluding hydrogens is 440 g/mol. The first-order valence-electron chi connectivity index (χ1n) is 10.2. The molecule has 0 N–H and O–H groups in total. The lowest BCUT2D eigenvalue weighted by Crippen LogP contribution is -2.41. The molecule has 7 nitrogen and oxygen atoms in total. The standard InChI is InChI=1S/C19H22F4N4O3S/c1-25-16-15(27(31(25,29)30)10-12-7-18(12,20)21)5-4-14(24-16)11-3-2-6-26(9-11)17(28)13-8-19(13,22)23/h4-5,11-13H,2-3,6-10H2,1H3. The third kappa shape index (κ3) is 3.33. The van der Waals surface area contributed by atoms with Crippen molar-refractivity contribution in [3.8, 4) is 0 Å². The van der Waals surface area contributed by atoms with Crippen molar-refractivity contribution in [2.24, 2.45) is 11.8 Å². The van der Waals surface area contributed by atoms with Gasteiger partial charge in [0.25, 0.3) is 11.8 Å². The fraction of sp³-hybridized carbons (Fsp3) is 0.684. The van der Waals surface area contributed by atoms with Crippen LogP contribution in [-0.2, 0) is 15.0 Å². The summed E-state index contributed by atoms with van der Waals surface area (Å²) in [7, 11) is -2.67. The number of amides is 1. The van der Waals surface area contributed by atoms with Gasteiger partial charge in [0.15, 0.2) is 5.82 Å². The molecule has 3 heterocycles. The average Bonchev–Trinajstić information content (AvgIpc) is 3.54. The Morgan fingerprint density at radius 1 is 1.19 bits per heavy atom. The van der Waals surface area contributed by atoms with E-state index in [-0.39, 0.29) is 36.9 Å². The molecule has 3 fully saturated rings. The Bertz CT molecular complexity index is 1050. The van der Waals surface area contributed by atoms with Gasteiger partial charge in [-0.3, -0.25) is 4.79 Å². The number of likely N-dealkylation sites (tertiary alicyclic amines) is 1. The van der Waals surface area contributed by atoms with Crippen molar-refractivity contribution < 1.29 is 30.8 Å². The van der Waals surface area contributed by atoms with Gasteiger partial charge in [0.05, 0.1) is 5.69 Å². The van der Waals surface area contributed by atoms with Gasteiger partial charge >= 0.3 is 10.2 Å². The monoisotopic (exact) mass is 462 g/mol. The Kier molecular flexibility index (Phi) is 4.33. The molecule has 2 aliphatic heterocycles. The molecule has 31 heavy (non-hydrogen) atoms. The van der Waals surface area contributed by atoms with Crippen molar-refractivity contribution in [2.75, 3.05) is 35.3 Å². The third-order valence-corrected chi connectivity index (χ3v) is 8.45. The van der Waals surface area contributed by atoms with E-state index in [9.17, 15) is 30.8 Å². The van der Waals surface area contributed by atoms with Crippen molar-refractivity contribution in [3.05, 3.63) is 17.8 Å². The number of pyridine rings is 1. The largest absolute Gasteiger partial charge is 0.342 e. The normalized spacial score (nSPS) is 32.0. The average molecular weight is 462 g/mol. The molecule has 2 aliphatic carbocycles. The van der Waals surface area contributed by atoms with Gasteiger partial charge in [0, 0.05) is 57.1 Å². The molecule has 1 aromatic rings. The number of halogens is 4. The Morgan fingerprint density at radius 3 is 2.48 bits per heavy atom. The number of rotatable bonds is 4. The van der Waals surface area contributed by atoms with Crippen LogP contribution >= 0.6 is 0 Å². The zero-order valence-corrected chi connectivity index (χ0v) is 17.6. The first-order chi connectivity index (χ1) is 14.4. The highest BCUT2D eigenvalue weighted by atomic mass is 32.2. The number of hydrogen-bond donors (Lipinski definition) is 0. The number of aromatic nitrogens is 1. The van der Waals surface area contributed by atoms with Gasteiger partial charge < -0.3 is 4.90 Å². The van der Waals surface area contributed by atoms with E-state index in [1.54, 1.807) is 12.1 Å². The smallest absolute Gasteiger partial charge is 0.327 e. The van der Waals surface area contributed by atoms with Gasteiger partial charge in [-0.05, 0) is 25.0 Å². The third-order valence-electron chi connectivity index (χ3n) is 6.68. The van der Waals surface area contributed by atoms with Crippen LogP contribution in [0.15, 0.2) is 12.1 Å². The molecule has 3 unspecified atom stereocenters. The SMILES string of the molecule is CN1c2nc(C3CCCN(C(=O)C4CC4(F)F)C3)ccc2N(CC2CC2(F)F)S1(=O)=O. The van der Waals surface area contributed by atoms with Crippen LogP contribution in [0.25, 0.3) is 0 Å². The molecule has 3 atom stereocenters. The van der Waals surface area contributed by atoms with Crippen molar-refractivity contribution in [2.45, 2.75) is 43.4 Å². The number of carbonyl (C=O) groups is 1. The van der Waals surface area contributed by atoms with E-state index in [0.29, 0.717) is 25.1 Å². The summed E-state index contributed by atoms with van der Waals surface area (Å²) in [5.74, 6) is -8.64. The fourth-order valence-corrected chi connectivity index (χ4v) is 5.88. The molecule has 1 aromatic heterocycles. The van der Waals surface area contributed by atoms with Gasteiger partial charge in [-0.25, -0.2) is 31.2 Å². The molecule has 12 heteroatoms. The van der Waals surface area contributed by atoms with Gasteiger partial charge in [-0.15, -0.1) is 0 Å². The number of alkyl halides is 4. The van der Waals surface area contributed by atoms with E-state index in [4.69, 9.17) is 0 Å². The molecule has 0 spiro atoms. The summed E-state index contributed by atoms with van der Waals surface area (Å²) < 4.78 is 80.7. The Morgan fingerprint density at radius 2 is 1.87 bits per heavy atom. The van der Waals surface area contributed by atoms with Crippen LogP contribution in [0.5, 0.6) is 0 Å². The second-order valence-electron chi connectivity index (χ2n) is 8.89. The maximum atomic E-state index is 13.4. The Balaban J connectivity index is 1.37. The summed E-state index contributed by atoms with van der Waals surface area (Å²) in [6.07, 6.45) is 0.563. The predicted molar refractivity (Wildman–Crippen MR) is 104 cm³/mol. The van der Waals surface area contributed by atoms with Gasteiger partial charge in [-0.1, -0.05) is 0 Å². The van der Waals surface area contributed by atoms with Gasteiger partial charge in [0.2, 0.25) is 5.91 Å². The molecule has 1 saturated heterocycles. The minimum absolute atomic E-state index is 0.152. The van der Waals surface area contributed by atoms with Crippen LogP contribution in [0.1, 0.15) is 37.3 Å². The number of piperidine rings is 1. The van der Waals surface area contributed by atoms with Crippen molar-refractivity contribution in [1.29, 1.82) is 0 Å². The predicted octanol–water partition coefficient (Wildman–Crippen LogP) is 2.60. The molecule has 2 saturated carbocycles.